The zero-order chi connectivity index (χ0) is 12.7. The van der Waals surface area contributed by atoms with E-state index in [-0.39, 0.29) is 31.8 Å². The van der Waals surface area contributed by atoms with E-state index in [0.29, 0.717) is 5.84 Å². The standard InChI is InChI=1S/C9H15F2N3O2.ClH/c1-5(12)14-4-2-3-6(10)7(11)8(13)9(15)16;/h8H,2-4,13H2,1H3,(H2,12,14)(H,15,16);1H/b7-6+;/t8-;/m0./s1. The highest BCUT2D eigenvalue weighted by Crippen LogP contribution is 2.16. The van der Waals surface area contributed by atoms with E-state index in [2.05, 4.69) is 4.99 Å². The van der Waals surface area contributed by atoms with Crippen LogP contribution in [0.15, 0.2) is 16.6 Å². The van der Waals surface area contributed by atoms with Crippen molar-refractivity contribution in [2.75, 3.05) is 6.54 Å². The molecule has 0 unspecified atom stereocenters. The molecule has 1 atom stereocenters. The zero-order valence-electron chi connectivity index (χ0n) is 9.32. The van der Waals surface area contributed by atoms with Crippen LogP contribution in [0.2, 0.25) is 0 Å². The number of aliphatic carboxylic acids is 1. The number of hydrogen-bond donors (Lipinski definition) is 3. The van der Waals surface area contributed by atoms with E-state index in [1.807, 2.05) is 0 Å². The van der Waals surface area contributed by atoms with Crippen LogP contribution in [-0.2, 0) is 4.79 Å². The van der Waals surface area contributed by atoms with Gasteiger partial charge in [-0.3, -0.25) is 9.79 Å². The number of allylic oxidation sites excluding steroid dienone is 1. The summed E-state index contributed by atoms with van der Waals surface area (Å²) in [6, 6.07) is -1.94. The van der Waals surface area contributed by atoms with Gasteiger partial charge < -0.3 is 16.6 Å². The minimum Gasteiger partial charge on any atom is -0.480 e. The number of carboxylic acids is 1. The van der Waals surface area contributed by atoms with Crippen molar-refractivity contribution < 1.29 is 18.7 Å². The van der Waals surface area contributed by atoms with Crippen molar-refractivity contribution in [3.05, 3.63) is 11.7 Å². The Morgan fingerprint density at radius 2 is 2.00 bits per heavy atom. The summed E-state index contributed by atoms with van der Waals surface area (Å²) < 4.78 is 26.0. The van der Waals surface area contributed by atoms with E-state index in [1.54, 1.807) is 6.92 Å². The van der Waals surface area contributed by atoms with Gasteiger partial charge >= 0.3 is 5.97 Å². The number of aliphatic imine (C=N–C) groups is 1. The first-order valence-electron chi connectivity index (χ1n) is 4.65. The second-order valence-electron chi connectivity index (χ2n) is 3.20. The van der Waals surface area contributed by atoms with Crippen molar-refractivity contribution in [2.24, 2.45) is 16.5 Å². The molecule has 0 fully saturated rings. The van der Waals surface area contributed by atoms with E-state index < -0.39 is 23.7 Å². The molecule has 0 aliphatic carbocycles. The van der Waals surface area contributed by atoms with Crippen molar-refractivity contribution in [1.82, 2.24) is 0 Å². The highest BCUT2D eigenvalue weighted by molar-refractivity contribution is 5.85. The first kappa shape index (κ1) is 18.2. The van der Waals surface area contributed by atoms with Gasteiger partial charge in [0.25, 0.3) is 0 Å². The molecule has 0 amide bonds. The second-order valence-corrected chi connectivity index (χ2v) is 3.20. The third kappa shape index (κ3) is 7.64. The Balaban J connectivity index is 0. The molecule has 5 N–H and O–H groups in total. The van der Waals surface area contributed by atoms with E-state index in [9.17, 15) is 13.6 Å². The number of hydrogen-bond acceptors (Lipinski definition) is 3. The van der Waals surface area contributed by atoms with Gasteiger partial charge in [0.1, 0.15) is 5.83 Å². The van der Waals surface area contributed by atoms with Crippen molar-refractivity contribution in [2.45, 2.75) is 25.8 Å². The fourth-order valence-electron chi connectivity index (χ4n) is 0.886. The number of nitrogens with two attached hydrogens (primary N) is 2. The first-order valence-corrected chi connectivity index (χ1v) is 4.65. The lowest BCUT2D eigenvalue weighted by molar-refractivity contribution is -0.138. The number of nitrogens with zero attached hydrogens (tertiary/aromatic N) is 1. The van der Waals surface area contributed by atoms with Crippen molar-refractivity contribution in [1.29, 1.82) is 0 Å². The van der Waals surface area contributed by atoms with Gasteiger partial charge in [-0.15, -0.1) is 12.4 Å². The number of rotatable bonds is 6. The maximum Gasteiger partial charge on any atom is 0.327 e. The molecular weight excluding hydrogens is 256 g/mol. The maximum atomic E-state index is 13.0. The van der Waals surface area contributed by atoms with Crippen LogP contribution in [0.25, 0.3) is 0 Å². The summed E-state index contributed by atoms with van der Waals surface area (Å²) in [7, 11) is 0. The molecule has 0 aliphatic rings. The highest BCUT2D eigenvalue weighted by atomic mass is 35.5. The third-order valence-electron chi connectivity index (χ3n) is 1.71. The van der Waals surface area contributed by atoms with Crippen molar-refractivity contribution in [3.8, 4) is 0 Å². The van der Waals surface area contributed by atoms with Gasteiger partial charge in [0, 0.05) is 13.0 Å². The van der Waals surface area contributed by atoms with Crippen LogP contribution in [0.3, 0.4) is 0 Å². The minimum atomic E-state index is -1.94. The van der Waals surface area contributed by atoms with Crippen LogP contribution in [0, 0.1) is 0 Å². The molecular formula is C9H16ClF2N3O2. The molecule has 0 aromatic carbocycles. The molecule has 100 valence electrons. The van der Waals surface area contributed by atoms with Gasteiger partial charge in [-0.2, -0.15) is 0 Å². The molecule has 0 heterocycles. The van der Waals surface area contributed by atoms with E-state index in [1.165, 1.54) is 0 Å². The lowest BCUT2D eigenvalue weighted by Crippen LogP contribution is -2.31. The predicted octanol–water partition coefficient (Wildman–Crippen LogP) is 1.13. The molecule has 0 aromatic heterocycles. The lowest BCUT2D eigenvalue weighted by atomic mass is 10.2. The predicted molar refractivity (Wildman–Crippen MR) is 63.5 cm³/mol. The fraction of sp³-hybridized carbons (Fsp3) is 0.556. The monoisotopic (exact) mass is 271 g/mol. The Morgan fingerprint density at radius 3 is 2.41 bits per heavy atom. The van der Waals surface area contributed by atoms with Crippen LogP contribution in [0.5, 0.6) is 0 Å². The quantitative estimate of drug-likeness (QED) is 0.383. The molecule has 0 aromatic rings. The SMILES string of the molecule is CC(N)=NCCC/C(F)=C(\F)[C@H](N)C(=O)O.Cl. The molecule has 0 bridgehead atoms. The van der Waals surface area contributed by atoms with Gasteiger partial charge in [0.05, 0.1) is 5.84 Å². The Labute approximate surface area is 104 Å². The number of amidine groups is 1. The summed E-state index contributed by atoms with van der Waals surface area (Å²) in [4.78, 5) is 14.0. The summed E-state index contributed by atoms with van der Waals surface area (Å²) in [6.07, 6.45) is -0.0102. The van der Waals surface area contributed by atoms with Crippen molar-refractivity contribution in [3.63, 3.8) is 0 Å². The fourth-order valence-corrected chi connectivity index (χ4v) is 0.886. The first-order chi connectivity index (χ1) is 7.36. The summed E-state index contributed by atoms with van der Waals surface area (Å²) in [5.41, 5.74) is 10.1. The Kier molecular flexibility index (Phi) is 9.49. The minimum absolute atomic E-state index is 0. The highest BCUT2D eigenvalue weighted by Gasteiger charge is 2.21. The topological polar surface area (TPSA) is 102 Å². The molecule has 17 heavy (non-hydrogen) atoms. The van der Waals surface area contributed by atoms with E-state index in [0.717, 1.165) is 0 Å². The zero-order valence-corrected chi connectivity index (χ0v) is 10.1. The smallest absolute Gasteiger partial charge is 0.327 e. The lowest BCUT2D eigenvalue weighted by Gasteiger charge is -2.04. The molecule has 0 rings (SSSR count). The summed E-state index contributed by atoms with van der Waals surface area (Å²) in [5, 5.41) is 8.34. The average molecular weight is 272 g/mol. The number of carbonyl (C=O) groups is 1. The van der Waals surface area contributed by atoms with Crippen LogP contribution in [-0.4, -0.2) is 29.5 Å². The Hall–Kier alpha value is -1.21. The van der Waals surface area contributed by atoms with Gasteiger partial charge in [-0.1, -0.05) is 0 Å². The molecule has 0 saturated carbocycles. The van der Waals surface area contributed by atoms with Gasteiger partial charge in [0.15, 0.2) is 11.9 Å². The van der Waals surface area contributed by atoms with Crippen LogP contribution in [0.1, 0.15) is 19.8 Å². The van der Waals surface area contributed by atoms with E-state index in [4.69, 9.17) is 16.6 Å². The summed E-state index contributed by atoms with van der Waals surface area (Å²) in [6.45, 7) is 1.83. The number of halogens is 3. The van der Waals surface area contributed by atoms with Crippen LogP contribution < -0.4 is 11.5 Å². The van der Waals surface area contributed by atoms with E-state index >= 15 is 0 Å². The summed E-state index contributed by atoms with van der Waals surface area (Å²) in [5.74, 6) is -3.85. The second kappa shape index (κ2) is 8.89. The van der Waals surface area contributed by atoms with Crippen molar-refractivity contribution >= 4 is 24.2 Å². The van der Waals surface area contributed by atoms with Crippen LogP contribution in [0.4, 0.5) is 8.78 Å². The molecule has 0 aliphatic heterocycles. The molecule has 0 saturated heterocycles. The maximum absolute atomic E-state index is 13.0. The number of carboxylic acid groups (broad SMARTS) is 1. The molecule has 5 nitrogen and oxygen atoms in total. The van der Waals surface area contributed by atoms with Gasteiger partial charge in [-0.05, 0) is 13.3 Å². The van der Waals surface area contributed by atoms with Gasteiger partial charge in [0.2, 0.25) is 0 Å². The molecule has 0 radical (unpaired) electrons. The Morgan fingerprint density at radius 1 is 1.47 bits per heavy atom. The largest absolute Gasteiger partial charge is 0.480 e. The van der Waals surface area contributed by atoms with Gasteiger partial charge in [-0.25, -0.2) is 8.78 Å². The third-order valence-corrected chi connectivity index (χ3v) is 1.71. The van der Waals surface area contributed by atoms with Crippen LogP contribution >= 0.6 is 12.4 Å². The Bertz CT molecular complexity index is 317. The normalized spacial score (nSPS) is 14.7. The molecule has 0 spiro atoms. The molecule has 8 heteroatoms. The average Bonchev–Trinajstić information content (AvgIpc) is 2.21. The summed E-state index contributed by atoms with van der Waals surface area (Å²) >= 11 is 0.